The van der Waals surface area contributed by atoms with E-state index in [0.717, 1.165) is 25.9 Å². The number of benzene rings is 2. The third-order valence-electron chi connectivity index (χ3n) is 8.60. The molecule has 47 heavy (non-hydrogen) atoms. The number of nitrogens with one attached hydrogen (secondary N) is 1. The molecule has 2 aliphatic rings. The summed E-state index contributed by atoms with van der Waals surface area (Å²) in [5.74, 6) is 0.852. The minimum atomic E-state index is -4.66. The molecule has 0 saturated carbocycles. The van der Waals surface area contributed by atoms with Gasteiger partial charge in [-0.2, -0.15) is 23.7 Å². The number of hydrogen-bond donors (Lipinski definition) is 1. The summed E-state index contributed by atoms with van der Waals surface area (Å²) in [5.41, 5.74) is 1.71. The van der Waals surface area contributed by atoms with Gasteiger partial charge in [-0.1, -0.05) is 6.92 Å². The molecule has 6 rings (SSSR count). The topological polar surface area (TPSA) is 127 Å². The van der Waals surface area contributed by atoms with E-state index in [1.54, 1.807) is 54.3 Å². The molecule has 10 nitrogen and oxygen atoms in total. The number of fused-ring (bicyclic) bond motifs is 1. The van der Waals surface area contributed by atoms with Gasteiger partial charge in [0.2, 0.25) is 0 Å². The van der Waals surface area contributed by atoms with Crippen LogP contribution in [0.3, 0.4) is 0 Å². The number of nitrogens with zero attached hydrogens (tertiary/aromatic N) is 8. The lowest BCUT2D eigenvalue weighted by molar-refractivity contribution is -0.138. The summed E-state index contributed by atoms with van der Waals surface area (Å²) in [4.78, 5) is 22.0. The van der Waals surface area contributed by atoms with Crippen molar-refractivity contribution in [3.8, 4) is 34.7 Å². The van der Waals surface area contributed by atoms with Crippen LogP contribution < -0.4 is 10.2 Å². The van der Waals surface area contributed by atoms with E-state index < -0.39 is 17.6 Å². The van der Waals surface area contributed by atoms with Crippen molar-refractivity contribution in [3.63, 3.8) is 0 Å². The lowest BCUT2D eigenvalue weighted by Crippen LogP contribution is -2.33. The molecule has 4 heterocycles. The number of amides is 1. The monoisotopic (exact) mass is 639 g/mol. The summed E-state index contributed by atoms with van der Waals surface area (Å²) in [6.45, 7) is 3.99. The minimum absolute atomic E-state index is 0.0114. The average molecular weight is 640 g/mol. The van der Waals surface area contributed by atoms with E-state index in [-0.39, 0.29) is 36.5 Å². The van der Waals surface area contributed by atoms with Gasteiger partial charge >= 0.3 is 6.18 Å². The Balaban J connectivity index is 1.44. The van der Waals surface area contributed by atoms with Crippen LogP contribution in [0.25, 0.3) is 22.5 Å². The molecule has 240 valence electrons. The van der Waals surface area contributed by atoms with Crippen LogP contribution in [-0.2, 0) is 26.3 Å². The number of aromatic nitrogens is 4. The molecule has 0 bridgehead atoms. The van der Waals surface area contributed by atoms with Crippen LogP contribution in [0.4, 0.5) is 24.8 Å². The molecule has 2 aliphatic heterocycles. The Labute approximate surface area is 270 Å². The second-order valence-electron chi connectivity index (χ2n) is 12.1. The number of piperidine rings is 1. The summed E-state index contributed by atoms with van der Waals surface area (Å²) < 4.78 is 45.2. The summed E-state index contributed by atoms with van der Waals surface area (Å²) in [7, 11) is 1.78. The summed E-state index contributed by atoms with van der Waals surface area (Å²) in [5, 5.41) is 30.1. The molecule has 0 unspecified atom stereocenters. The number of likely N-dealkylation sites (tertiary alicyclic amines) is 1. The summed E-state index contributed by atoms with van der Waals surface area (Å²) in [6, 6.07) is 15.4. The van der Waals surface area contributed by atoms with E-state index in [0.29, 0.717) is 51.9 Å². The smallest absolute Gasteiger partial charge is 0.369 e. The molecule has 0 spiro atoms. The van der Waals surface area contributed by atoms with Crippen molar-refractivity contribution in [1.82, 2.24) is 24.6 Å². The molecule has 1 amide bonds. The zero-order chi connectivity index (χ0) is 33.3. The molecule has 1 saturated heterocycles. The van der Waals surface area contributed by atoms with E-state index in [9.17, 15) is 23.2 Å². The number of carbonyl (C=O) groups excluding carboxylic acids is 1. The Bertz CT molecular complexity index is 1920. The number of nitriles is 2. The first-order valence-electron chi connectivity index (χ1n) is 15.3. The molecule has 0 radical (unpaired) electrons. The van der Waals surface area contributed by atoms with Gasteiger partial charge in [0.05, 0.1) is 36.2 Å². The fourth-order valence-electron chi connectivity index (χ4n) is 6.41. The van der Waals surface area contributed by atoms with Crippen molar-refractivity contribution in [2.24, 2.45) is 13.0 Å². The third kappa shape index (κ3) is 6.53. The Kier molecular flexibility index (Phi) is 8.67. The second-order valence-corrected chi connectivity index (χ2v) is 12.1. The Morgan fingerprint density at radius 2 is 1.91 bits per heavy atom. The Morgan fingerprint density at radius 1 is 1.09 bits per heavy atom. The second kappa shape index (κ2) is 12.9. The van der Waals surface area contributed by atoms with Crippen LogP contribution in [0, 0.1) is 28.6 Å². The number of carbonyl (C=O) groups is 1. The highest BCUT2D eigenvalue weighted by atomic mass is 19.4. The molecule has 2 aromatic carbocycles. The highest BCUT2D eigenvalue weighted by molar-refractivity contribution is 6.10. The van der Waals surface area contributed by atoms with Crippen molar-refractivity contribution in [2.75, 3.05) is 29.9 Å². The Hall–Kier alpha value is -5.27. The van der Waals surface area contributed by atoms with Gasteiger partial charge in [-0.25, -0.2) is 4.98 Å². The molecule has 4 aromatic rings. The molecule has 1 fully saturated rings. The van der Waals surface area contributed by atoms with Gasteiger partial charge < -0.3 is 9.88 Å². The molecule has 1 N–H and O–H groups in total. The van der Waals surface area contributed by atoms with Crippen LogP contribution in [0.5, 0.6) is 0 Å². The first-order chi connectivity index (χ1) is 22.5. The standard InChI is InChI=1S/C34H32F3N9O/c1-21-5-3-10-45(17-21)18-23-12-27-28(29(13-23)34(35,36)37)19-46(33(27)47)31-15-24(14-30(42-31)40-9-4-8-38)26-11-22(16-39)6-7-25(26)32-43-41-20-44(32)2/h6-7,11-15,20-21H,3-5,9-10,17-19H2,1-2H3,(H,40,42)/t21-/m0/s1. The molecule has 0 aliphatic carbocycles. The van der Waals surface area contributed by atoms with Crippen molar-refractivity contribution >= 4 is 17.5 Å². The van der Waals surface area contributed by atoms with E-state index in [1.807, 2.05) is 0 Å². The summed E-state index contributed by atoms with van der Waals surface area (Å²) in [6.07, 6.45) is -0.872. The van der Waals surface area contributed by atoms with Crippen LogP contribution >= 0.6 is 0 Å². The van der Waals surface area contributed by atoms with Crippen LogP contribution in [-0.4, -0.2) is 50.2 Å². The fraction of sp³-hybridized carbons (Fsp3) is 0.353. The Morgan fingerprint density at radius 3 is 2.62 bits per heavy atom. The van der Waals surface area contributed by atoms with Gasteiger partial charge in [-0.05, 0) is 90.0 Å². The number of hydrogen-bond acceptors (Lipinski definition) is 8. The highest BCUT2D eigenvalue weighted by Gasteiger charge is 2.41. The summed E-state index contributed by atoms with van der Waals surface area (Å²) >= 11 is 0. The van der Waals surface area contributed by atoms with Crippen LogP contribution in [0.2, 0.25) is 0 Å². The van der Waals surface area contributed by atoms with E-state index in [1.165, 1.54) is 11.0 Å². The van der Waals surface area contributed by atoms with Crippen LogP contribution in [0.15, 0.2) is 48.8 Å². The van der Waals surface area contributed by atoms with Crippen molar-refractivity contribution in [2.45, 2.75) is 45.5 Å². The largest absolute Gasteiger partial charge is 0.416 e. The van der Waals surface area contributed by atoms with E-state index in [2.05, 4.69) is 44.5 Å². The first kappa shape index (κ1) is 31.7. The SMILES string of the molecule is C[C@H]1CCCN(Cc2cc3c(c(C(F)(F)F)c2)CN(c2cc(-c4cc(C#N)ccc4-c4nncn4C)cc(NCCC#N)n2)C3=O)C1. The van der Waals surface area contributed by atoms with Crippen molar-refractivity contribution < 1.29 is 18.0 Å². The predicted octanol–water partition coefficient (Wildman–Crippen LogP) is 6.15. The number of aryl methyl sites for hydroxylation is 1. The maximum atomic E-state index is 14.5. The molecule has 2 aromatic heterocycles. The highest BCUT2D eigenvalue weighted by Crippen LogP contribution is 2.41. The molecule has 13 heteroatoms. The van der Waals surface area contributed by atoms with Gasteiger partial charge in [0.15, 0.2) is 5.82 Å². The van der Waals surface area contributed by atoms with Crippen molar-refractivity contribution in [1.29, 1.82) is 10.5 Å². The third-order valence-corrected chi connectivity index (χ3v) is 8.60. The fourth-order valence-corrected chi connectivity index (χ4v) is 6.41. The van der Waals surface area contributed by atoms with Crippen molar-refractivity contribution in [3.05, 3.63) is 76.6 Å². The first-order valence-corrected chi connectivity index (χ1v) is 15.3. The molecular formula is C34H32F3N9O. The van der Waals surface area contributed by atoms with Gasteiger partial charge in [0.1, 0.15) is 18.0 Å². The average Bonchev–Trinajstić information content (AvgIpc) is 3.62. The van der Waals surface area contributed by atoms with Gasteiger partial charge in [-0.15, -0.1) is 10.2 Å². The van der Waals surface area contributed by atoms with E-state index >= 15 is 0 Å². The van der Waals surface area contributed by atoms with Gasteiger partial charge in [0, 0.05) is 37.8 Å². The molecule has 1 atom stereocenters. The zero-order valence-electron chi connectivity index (χ0n) is 26.0. The lowest BCUT2D eigenvalue weighted by Gasteiger charge is -2.31. The van der Waals surface area contributed by atoms with Crippen LogP contribution in [0.1, 0.15) is 58.8 Å². The lowest BCUT2D eigenvalue weighted by atomic mass is 9.96. The number of anilines is 2. The molecular weight excluding hydrogens is 607 g/mol. The van der Waals surface area contributed by atoms with Gasteiger partial charge in [-0.3, -0.25) is 14.6 Å². The zero-order valence-corrected chi connectivity index (χ0v) is 26.0. The number of pyridine rings is 1. The minimum Gasteiger partial charge on any atom is -0.369 e. The maximum absolute atomic E-state index is 14.5. The normalized spacial score (nSPS) is 16.5. The number of halogens is 3. The predicted molar refractivity (Wildman–Crippen MR) is 169 cm³/mol. The quantitative estimate of drug-likeness (QED) is 0.228. The van der Waals surface area contributed by atoms with Gasteiger partial charge in [0.25, 0.3) is 5.91 Å². The van der Waals surface area contributed by atoms with E-state index in [4.69, 9.17) is 5.26 Å². The number of rotatable bonds is 8. The maximum Gasteiger partial charge on any atom is 0.416 e. The number of alkyl halides is 3.